The van der Waals surface area contributed by atoms with Gasteiger partial charge in [0, 0.05) is 24.0 Å². The smallest absolute Gasteiger partial charge is 0.0795 e. The number of hydrogen-bond donors (Lipinski definition) is 1. The van der Waals surface area contributed by atoms with Crippen LogP contribution in [0.1, 0.15) is 44.8 Å². The van der Waals surface area contributed by atoms with Gasteiger partial charge in [0.25, 0.3) is 0 Å². The number of hydrogen-bond acceptors (Lipinski definition) is 4. The number of rotatable bonds is 5. The largest absolute Gasteiger partial charge is 0.305 e. The fourth-order valence-electron chi connectivity index (χ4n) is 2.53. The summed E-state index contributed by atoms with van der Waals surface area (Å²) in [5.41, 5.74) is 3.07. The molecular formula is C13H23N3S. The van der Waals surface area contributed by atoms with Crippen molar-refractivity contribution in [2.24, 2.45) is 0 Å². The van der Waals surface area contributed by atoms with Crippen LogP contribution in [0.5, 0.6) is 0 Å². The van der Waals surface area contributed by atoms with Crippen LogP contribution < -0.4 is 5.32 Å². The van der Waals surface area contributed by atoms with Gasteiger partial charge in [-0.25, -0.2) is 4.98 Å². The molecule has 0 saturated carbocycles. The zero-order chi connectivity index (χ0) is 12.1. The summed E-state index contributed by atoms with van der Waals surface area (Å²) in [7, 11) is 0. The van der Waals surface area contributed by atoms with E-state index in [0.717, 1.165) is 6.54 Å². The molecule has 2 heterocycles. The molecule has 1 aliphatic rings. The Kier molecular flexibility index (Phi) is 4.95. The molecule has 1 N–H and O–H groups in total. The van der Waals surface area contributed by atoms with Gasteiger partial charge in [-0.1, -0.05) is 6.42 Å². The first-order chi connectivity index (χ1) is 8.25. The Balaban J connectivity index is 1.74. The maximum atomic E-state index is 4.36. The number of thiazole rings is 1. The Morgan fingerprint density at radius 1 is 1.35 bits per heavy atom. The average molecular weight is 253 g/mol. The van der Waals surface area contributed by atoms with Crippen molar-refractivity contribution in [2.45, 2.75) is 45.2 Å². The number of nitrogens with zero attached hydrogens (tertiary/aromatic N) is 2. The minimum atomic E-state index is 0.362. The molecule has 3 nitrogen and oxygen atoms in total. The highest BCUT2D eigenvalue weighted by molar-refractivity contribution is 7.07. The van der Waals surface area contributed by atoms with Gasteiger partial charge in [-0.15, -0.1) is 11.3 Å². The molecule has 2 unspecified atom stereocenters. The van der Waals surface area contributed by atoms with Gasteiger partial charge in [-0.3, -0.25) is 0 Å². The lowest BCUT2D eigenvalue weighted by Crippen LogP contribution is -2.42. The van der Waals surface area contributed by atoms with Gasteiger partial charge in [0.2, 0.25) is 0 Å². The number of likely N-dealkylation sites (tertiary alicyclic amines) is 1. The normalized spacial score (nSPS) is 21.3. The van der Waals surface area contributed by atoms with Crippen LogP contribution in [0.2, 0.25) is 0 Å². The number of nitrogens with one attached hydrogen (secondary N) is 1. The molecule has 0 spiro atoms. The molecule has 96 valence electrons. The fraction of sp³-hybridized carbons (Fsp3) is 0.769. The summed E-state index contributed by atoms with van der Waals surface area (Å²) in [4.78, 5) is 6.94. The van der Waals surface area contributed by atoms with Crippen LogP contribution in [0.25, 0.3) is 0 Å². The molecule has 1 fully saturated rings. The first kappa shape index (κ1) is 13.0. The van der Waals surface area contributed by atoms with Crippen LogP contribution in [-0.4, -0.2) is 35.6 Å². The second kappa shape index (κ2) is 6.47. The Hall–Kier alpha value is -0.450. The van der Waals surface area contributed by atoms with Crippen LogP contribution in [-0.2, 0) is 0 Å². The quantitative estimate of drug-likeness (QED) is 0.874. The summed E-state index contributed by atoms with van der Waals surface area (Å²) in [6, 6.07) is 0.894. The molecule has 1 aromatic heterocycles. The monoisotopic (exact) mass is 253 g/mol. The van der Waals surface area contributed by atoms with E-state index in [1.54, 1.807) is 11.3 Å². The van der Waals surface area contributed by atoms with Crippen LogP contribution in [0.4, 0.5) is 0 Å². The lowest BCUT2D eigenvalue weighted by Gasteiger charge is -2.30. The van der Waals surface area contributed by atoms with Crippen molar-refractivity contribution in [3.63, 3.8) is 0 Å². The van der Waals surface area contributed by atoms with E-state index >= 15 is 0 Å². The summed E-state index contributed by atoms with van der Waals surface area (Å²) >= 11 is 1.67. The van der Waals surface area contributed by atoms with Gasteiger partial charge in [0.15, 0.2) is 0 Å². The topological polar surface area (TPSA) is 28.2 Å². The summed E-state index contributed by atoms with van der Waals surface area (Å²) < 4.78 is 0. The summed E-state index contributed by atoms with van der Waals surface area (Å²) in [6.07, 6.45) is 4.15. The Labute approximate surface area is 108 Å². The zero-order valence-electron chi connectivity index (χ0n) is 10.9. The highest BCUT2D eigenvalue weighted by Crippen LogP contribution is 2.14. The molecule has 1 aromatic rings. The van der Waals surface area contributed by atoms with E-state index in [0.29, 0.717) is 12.1 Å². The van der Waals surface area contributed by atoms with Gasteiger partial charge in [-0.05, 0) is 39.8 Å². The standard InChI is InChI=1S/C13H23N3S/c1-11(8-16-6-4-3-5-7-16)15-12(2)13-9-17-10-14-13/h9-12,15H,3-8H2,1-2H3. The molecule has 0 aromatic carbocycles. The maximum absolute atomic E-state index is 4.36. The van der Waals surface area contributed by atoms with Crippen molar-refractivity contribution in [3.8, 4) is 0 Å². The Morgan fingerprint density at radius 2 is 2.12 bits per heavy atom. The van der Waals surface area contributed by atoms with Crippen LogP contribution >= 0.6 is 11.3 Å². The molecule has 17 heavy (non-hydrogen) atoms. The maximum Gasteiger partial charge on any atom is 0.0795 e. The zero-order valence-corrected chi connectivity index (χ0v) is 11.7. The third kappa shape index (κ3) is 4.05. The molecule has 2 rings (SSSR count). The molecule has 4 heteroatoms. The fourth-order valence-corrected chi connectivity index (χ4v) is 3.18. The molecular weight excluding hydrogens is 230 g/mol. The first-order valence-electron chi connectivity index (χ1n) is 6.62. The average Bonchev–Trinajstić information content (AvgIpc) is 2.83. The van der Waals surface area contributed by atoms with Crippen molar-refractivity contribution >= 4 is 11.3 Å². The molecule has 1 aliphatic heterocycles. The molecule has 0 radical (unpaired) electrons. The second-order valence-corrected chi connectivity index (χ2v) is 5.78. The van der Waals surface area contributed by atoms with E-state index in [4.69, 9.17) is 0 Å². The van der Waals surface area contributed by atoms with E-state index in [-0.39, 0.29) is 0 Å². The molecule has 0 bridgehead atoms. The third-order valence-electron chi connectivity index (χ3n) is 3.41. The van der Waals surface area contributed by atoms with Crippen molar-refractivity contribution in [1.29, 1.82) is 0 Å². The van der Waals surface area contributed by atoms with Gasteiger partial charge >= 0.3 is 0 Å². The van der Waals surface area contributed by atoms with E-state index in [1.165, 1.54) is 38.0 Å². The summed E-state index contributed by atoms with van der Waals surface area (Å²) in [5, 5.41) is 5.76. The highest BCUT2D eigenvalue weighted by atomic mass is 32.1. The lowest BCUT2D eigenvalue weighted by molar-refractivity contribution is 0.205. The van der Waals surface area contributed by atoms with Gasteiger partial charge in [-0.2, -0.15) is 0 Å². The molecule has 0 aliphatic carbocycles. The van der Waals surface area contributed by atoms with E-state index in [2.05, 4.69) is 34.4 Å². The minimum Gasteiger partial charge on any atom is -0.305 e. The van der Waals surface area contributed by atoms with Gasteiger partial charge < -0.3 is 10.2 Å². The van der Waals surface area contributed by atoms with Crippen LogP contribution in [0.3, 0.4) is 0 Å². The van der Waals surface area contributed by atoms with Crippen molar-refractivity contribution in [2.75, 3.05) is 19.6 Å². The van der Waals surface area contributed by atoms with Crippen molar-refractivity contribution in [1.82, 2.24) is 15.2 Å². The predicted molar refractivity (Wildman–Crippen MR) is 73.4 cm³/mol. The third-order valence-corrected chi connectivity index (χ3v) is 4.02. The van der Waals surface area contributed by atoms with Crippen LogP contribution in [0.15, 0.2) is 10.9 Å². The molecule has 2 atom stereocenters. The summed E-state index contributed by atoms with van der Waals surface area (Å²) in [6.45, 7) is 8.18. The van der Waals surface area contributed by atoms with Crippen LogP contribution in [0, 0.1) is 0 Å². The van der Waals surface area contributed by atoms with E-state index < -0.39 is 0 Å². The Morgan fingerprint density at radius 3 is 2.76 bits per heavy atom. The summed E-state index contributed by atoms with van der Waals surface area (Å²) in [5.74, 6) is 0. The Bertz CT molecular complexity index is 306. The minimum absolute atomic E-state index is 0.362. The highest BCUT2D eigenvalue weighted by Gasteiger charge is 2.15. The van der Waals surface area contributed by atoms with Crippen molar-refractivity contribution < 1.29 is 0 Å². The van der Waals surface area contributed by atoms with E-state index in [1.807, 2.05) is 5.51 Å². The van der Waals surface area contributed by atoms with Gasteiger partial charge in [0.05, 0.1) is 11.2 Å². The first-order valence-corrected chi connectivity index (χ1v) is 7.56. The second-order valence-electron chi connectivity index (χ2n) is 5.06. The van der Waals surface area contributed by atoms with Gasteiger partial charge in [0.1, 0.15) is 0 Å². The number of aromatic nitrogens is 1. The lowest BCUT2D eigenvalue weighted by atomic mass is 10.1. The molecule has 0 amide bonds. The number of piperidine rings is 1. The molecule has 1 saturated heterocycles. The van der Waals surface area contributed by atoms with Crippen molar-refractivity contribution in [3.05, 3.63) is 16.6 Å². The van der Waals surface area contributed by atoms with E-state index in [9.17, 15) is 0 Å². The predicted octanol–water partition coefficient (Wildman–Crippen LogP) is 2.67. The SMILES string of the molecule is CC(CN1CCCCC1)NC(C)c1cscn1.